The van der Waals surface area contributed by atoms with Crippen LogP contribution < -0.4 is 5.32 Å². The normalized spacial score (nSPS) is 25.0. The van der Waals surface area contributed by atoms with E-state index in [9.17, 15) is 0 Å². The molecule has 1 unspecified atom stereocenters. The third-order valence-corrected chi connectivity index (χ3v) is 2.14. The van der Waals surface area contributed by atoms with Gasteiger partial charge in [0.05, 0.1) is 0 Å². The fourth-order valence-corrected chi connectivity index (χ4v) is 1.34. The Kier molecular flexibility index (Phi) is 3.49. The Hall–Kier alpha value is 0.350. The minimum atomic E-state index is 1.14. The highest BCUT2D eigenvalue weighted by atomic mass is 31.0. The topological polar surface area (TPSA) is 15.3 Å². The van der Waals surface area contributed by atoms with Crippen LogP contribution in [0, 0.1) is 0 Å². The molecule has 1 heterocycles. The molecular weight excluding hydrogens is 131 g/mol. The van der Waals surface area contributed by atoms with Gasteiger partial charge in [0.25, 0.3) is 0 Å². The van der Waals surface area contributed by atoms with E-state index in [1.165, 1.54) is 32.5 Å². The third-order valence-electron chi connectivity index (χ3n) is 1.62. The molecule has 54 valence electrons. The number of hydrogen-bond acceptors (Lipinski definition) is 2. The van der Waals surface area contributed by atoms with Crippen molar-refractivity contribution < 1.29 is 0 Å². The van der Waals surface area contributed by atoms with E-state index in [0.717, 1.165) is 6.54 Å². The van der Waals surface area contributed by atoms with Crippen molar-refractivity contribution in [1.29, 1.82) is 0 Å². The van der Waals surface area contributed by atoms with Gasteiger partial charge in [-0.05, 0) is 19.4 Å². The maximum absolute atomic E-state index is 3.36. The van der Waals surface area contributed by atoms with Gasteiger partial charge in [-0.2, -0.15) is 0 Å². The summed E-state index contributed by atoms with van der Waals surface area (Å²) in [6, 6.07) is 0. The zero-order valence-electron chi connectivity index (χ0n) is 5.77. The summed E-state index contributed by atoms with van der Waals surface area (Å²) in [6.45, 7) is 4.76. The predicted molar refractivity (Wildman–Crippen MR) is 43.4 cm³/mol. The van der Waals surface area contributed by atoms with E-state index in [0.29, 0.717) is 0 Å². The van der Waals surface area contributed by atoms with Crippen LogP contribution >= 0.6 is 9.39 Å². The van der Waals surface area contributed by atoms with Gasteiger partial charge in [-0.15, -0.1) is 0 Å². The van der Waals surface area contributed by atoms with Gasteiger partial charge in [-0.25, -0.2) is 0 Å². The standard InChI is InChI=1S/C6H15N2P/c9-8-5-2-1-3-7-4-6-8/h7H,1-6,9H2. The highest BCUT2D eigenvalue weighted by molar-refractivity contribution is 7.13. The highest BCUT2D eigenvalue weighted by Crippen LogP contribution is 2.02. The van der Waals surface area contributed by atoms with Crippen LogP contribution in [0.2, 0.25) is 0 Å². The molecule has 0 aromatic carbocycles. The van der Waals surface area contributed by atoms with E-state index >= 15 is 0 Å². The summed E-state index contributed by atoms with van der Waals surface area (Å²) in [4.78, 5) is 0. The first-order valence-electron chi connectivity index (χ1n) is 3.60. The van der Waals surface area contributed by atoms with E-state index in [2.05, 4.69) is 19.4 Å². The molecule has 0 saturated carbocycles. The molecule has 3 heteroatoms. The highest BCUT2D eigenvalue weighted by Gasteiger charge is 2.00. The maximum Gasteiger partial charge on any atom is 0.0142 e. The van der Waals surface area contributed by atoms with Crippen LogP contribution in [0.3, 0.4) is 0 Å². The third kappa shape index (κ3) is 3.14. The molecule has 1 rings (SSSR count). The number of nitrogens with zero attached hydrogens (tertiary/aromatic N) is 1. The Morgan fingerprint density at radius 3 is 2.89 bits per heavy atom. The molecule has 1 saturated heterocycles. The number of nitrogens with one attached hydrogen (secondary N) is 1. The molecule has 1 aliphatic heterocycles. The van der Waals surface area contributed by atoms with E-state index in [1.54, 1.807) is 0 Å². The van der Waals surface area contributed by atoms with Gasteiger partial charge in [0, 0.05) is 19.6 Å². The number of hydrogen-bond donors (Lipinski definition) is 1. The van der Waals surface area contributed by atoms with Crippen LogP contribution in [0.5, 0.6) is 0 Å². The first-order valence-corrected chi connectivity index (χ1v) is 4.11. The molecule has 0 spiro atoms. The van der Waals surface area contributed by atoms with Gasteiger partial charge in [-0.1, -0.05) is 9.39 Å². The molecule has 1 atom stereocenters. The first-order chi connectivity index (χ1) is 4.39. The Labute approximate surface area is 59.3 Å². The lowest BCUT2D eigenvalue weighted by molar-refractivity contribution is 0.408. The summed E-state index contributed by atoms with van der Waals surface area (Å²) in [5.41, 5.74) is 0. The van der Waals surface area contributed by atoms with Crippen molar-refractivity contribution in [3.8, 4) is 0 Å². The van der Waals surface area contributed by atoms with Gasteiger partial charge in [0.2, 0.25) is 0 Å². The Bertz CT molecular complexity index is 69.5. The SMILES string of the molecule is PN1CCCCNCC1. The van der Waals surface area contributed by atoms with Crippen molar-refractivity contribution >= 4 is 9.39 Å². The summed E-state index contributed by atoms with van der Waals surface area (Å²) < 4.78 is 2.30. The second-order valence-electron chi connectivity index (χ2n) is 2.49. The monoisotopic (exact) mass is 146 g/mol. The average molecular weight is 146 g/mol. The zero-order chi connectivity index (χ0) is 6.53. The van der Waals surface area contributed by atoms with Crippen LogP contribution in [-0.4, -0.2) is 30.8 Å². The lowest BCUT2D eigenvalue weighted by Crippen LogP contribution is -2.30. The Balaban J connectivity index is 2.12. The fourth-order valence-electron chi connectivity index (χ4n) is 1.02. The van der Waals surface area contributed by atoms with Crippen LogP contribution in [0.1, 0.15) is 12.8 Å². The molecule has 2 nitrogen and oxygen atoms in total. The largest absolute Gasteiger partial charge is 0.315 e. The van der Waals surface area contributed by atoms with Crippen molar-refractivity contribution in [2.45, 2.75) is 12.8 Å². The molecule has 0 radical (unpaired) electrons. The van der Waals surface area contributed by atoms with E-state index in [-0.39, 0.29) is 0 Å². The Morgan fingerprint density at radius 1 is 1.11 bits per heavy atom. The molecule has 0 aromatic heterocycles. The van der Waals surface area contributed by atoms with Gasteiger partial charge < -0.3 is 5.32 Å². The lowest BCUT2D eigenvalue weighted by Gasteiger charge is -2.19. The summed E-state index contributed by atoms with van der Waals surface area (Å²) in [5, 5.41) is 3.36. The van der Waals surface area contributed by atoms with E-state index in [4.69, 9.17) is 0 Å². The lowest BCUT2D eigenvalue weighted by atomic mass is 10.3. The van der Waals surface area contributed by atoms with Gasteiger partial charge in [0.15, 0.2) is 0 Å². The van der Waals surface area contributed by atoms with Crippen LogP contribution in [0.4, 0.5) is 0 Å². The van der Waals surface area contributed by atoms with Crippen molar-refractivity contribution in [2.24, 2.45) is 0 Å². The second-order valence-corrected chi connectivity index (χ2v) is 3.22. The smallest absolute Gasteiger partial charge is 0.0142 e. The van der Waals surface area contributed by atoms with Crippen molar-refractivity contribution in [3.63, 3.8) is 0 Å². The molecule has 0 aromatic rings. The molecule has 0 aliphatic carbocycles. The second kappa shape index (κ2) is 4.21. The zero-order valence-corrected chi connectivity index (χ0v) is 6.92. The summed E-state index contributed by atoms with van der Waals surface area (Å²) in [5.74, 6) is 0. The summed E-state index contributed by atoms with van der Waals surface area (Å²) >= 11 is 0. The van der Waals surface area contributed by atoms with Crippen molar-refractivity contribution in [1.82, 2.24) is 9.99 Å². The van der Waals surface area contributed by atoms with Crippen molar-refractivity contribution in [2.75, 3.05) is 26.2 Å². The molecule has 1 fully saturated rings. The first kappa shape index (κ1) is 7.46. The van der Waals surface area contributed by atoms with Crippen LogP contribution in [0.15, 0.2) is 0 Å². The predicted octanol–water partition coefficient (Wildman–Crippen LogP) is 0.462. The van der Waals surface area contributed by atoms with Gasteiger partial charge >= 0.3 is 0 Å². The summed E-state index contributed by atoms with van der Waals surface area (Å²) in [7, 11) is 2.76. The van der Waals surface area contributed by atoms with Crippen molar-refractivity contribution in [3.05, 3.63) is 0 Å². The quantitative estimate of drug-likeness (QED) is 0.499. The number of rotatable bonds is 0. The molecule has 0 bridgehead atoms. The van der Waals surface area contributed by atoms with E-state index < -0.39 is 0 Å². The van der Waals surface area contributed by atoms with Gasteiger partial charge in [0.1, 0.15) is 0 Å². The molecular formula is C6H15N2P. The average Bonchev–Trinajstić information content (AvgIpc) is 1.79. The Morgan fingerprint density at radius 2 is 2.00 bits per heavy atom. The molecule has 0 amide bonds. The minimum absolute atomic E-state index is 1.14. The summed E-state index contributed by atoms with van der Waals surface area (Å²) in [6.07, 6.45) is 2.65. The maximum atomic E-state index is 3.36. The fraction of sp³-hybridized carbons (Fsp3) is 1.00. The van der Waals surface area contributed by atoms with Gasteiger partial charge in [-0.3, -0.25) is 4.67 Å². The van der Waals surface area contributed by atoms with Crippen LogP contribution in [0.25, 0.3) is 0 Å². The van der Waals surface area contributed by atoms with Crippen LogP contribution in [-0.2, 0) is 0 Å². The minimum Gasteiger partial charge on any atom is -0.315 e. The van der Waals surface area contributed by atoms with E-state index in [1.807, 2.05) is 0 Å². The molecule has 1 N–H and O–H groups in total. The molecule has 9 heavy (non-hydrogen) atoms. The molecule has 1 aliphatic rings.